The SMILES string of the molecule is CCOC(=O)c1ccc(N2C(=O)/C(=C\c3cc(C)n(-c4ccc(F)cc4)c3C)C(C(=O)OC)=C2C)cc1. The molecule has 0 saturated heterocycles. The van der Waals surface area contributed by atoms with Gasteiger partial charge in [-0.15, -0.1) is 0 Å². The van der Waals surface area contributed by atoms with Gasteiger partial charge in [-0.05, 0) is 93.9 Å². The van der Waals surface area contributed by atoms with E-state index in [9.17, 15) is 18.8 Å². The number of nitrogens with zero attached hydrogens (tertiary/aromatic N) is 2. The molecule has 0 aliphatic carbocycles. The van der Waals surface area contributed by atoms with Crippen LogP contribution in [0.3, 0.4) is 0 Å². The van der Waals surface area contributed by atoms with Gasteiger partial charge < -0.3 is 14.0 Å². The Bertz CT molecular complexity index is 1450. The Hall–Kier alpha value is -4.46. The number of hydrogen-bond donors (Lipinski definition) is 0. The molecule has 4 rings (SSSR count). The highest BCUT2D eigenvalue weighted by molar-refractivity contribution is 6.24. The first-order valence-corrected chi connectivity index (χ1v) is 11.8. The number of hydrogen-bond acceptors (Lipinski definition) is 5. The molecular weight excluding hydrogens is 475 g/mol. The molecule has 37 heavy (non-hydrogen) atoms. The van der Waals surface area contributed by atoms with Gasteiger partial charge >= 0.3 is 11.9 Å². The van der Waals surface area contributed by atoms with Crippen LogP contribution in [-0.4, -0.2) is 36.1 Å². The number of benzene rings is 2. The third kappa shape index (κ3) is 4.70. The van der Waals surface area contributed by atoms with Gasteiger partial charge in [0, 0.05) is 28.5 Å². The van der Waals surface area contributed by atoms with E-state index in [0.29, 0.717) is 16.9 Å². The molecule has 190 valence electrons. The molecule has 0 spiro atoms. The van der Waals surface area contributed by atoms with Crippen LogP contribution < -0.4 is 4.90 Å². The fourth-order valence-corrected chi connectivity index (χ4v) is 4.53. The molecule has 3 aromatic rings. The number of amides is 1. The number of esters is 2. The van der Waals surface area contributed by atoms with E-state index in [4.69, 9.17) is 9.47 Å². The van der Waals surface area contributed by atoms with Crippen LogP contribution in [0.5, 0.6) is 0 Å². The second-order valence-corrected chi connectivity index (χ2v) is 8.56. The van der Waals surface area contributed by atoms with E-state index < -0.39 is 17.8 Å². The van der Waals surface area contributed by atoms with Crippen molar-refractivity contribution in [2.24, 2.45) is 0 Å². The first-order valence-electron chi connectivity index (χ1n) is 11.8. The van der Waals surface area contributed by atoms with Crippen molar-refractivity contribution in [3.05, 3.63) is 99.8 Å². The Morgan fingerprint density at radius 3 is 2.16 bits per heavy atom. The number of halogens is 1. The van der Waals surface area contributed by atoms with Crippen molar-refractivity contribution in [1.29, 1.82) is 0 Å². The van der Waals surface area contributed by atoms with Crippen molar-refractivity contribution < 1.29 is 28.2 Å². The number of aromatic nitrogens is 1. The molecule has 1 aliphatic rings. The van der Waals surface area contributed by atoms with Crippen molar-refractivity contribution >= 4 is 29.6 Å². The smallest absolute Gasteiger partial charge is 0.340 e. The second-order valence-electron chi connectivity index (χ2n) is 8.56. The van der Waals surface area contributed by atoms with E-state index in [0.717, 1.165) is 22.6 Å². The summed E-state index contributed by atoms with van der Waals surface area (Å²) in [6, 6.07) is 14.4. The Balaban J connectivity index is 1.77. The molecule has 1 aliphatic heterocycles. The van der Waals surface area contributed by atoms with Crippen molar-refractivity contribution in [1.82, 2.24) is 4.57 Å². The molecule has 0 N–H and O–H groups in total. The van der Waals surface area contributed by atoms with E-state index in [1.807, 2.05) is 24.5 Å². The predicted octanol–water partition coefficient (Wildman–Crippen LogP) is 5.29. The lowest BCUT2D eigenvalue weighted by Crippen LogP contribution is -2.24. The van der Waals surface area contributed by atoms with E-state index >= 15 is 0 Å². The Morgan fingerprint density at radius 2 is 1.57 bits per heavy atom. The van der Waals surface area contributed by atoms with Gasteiger partial charge in [0.25, 0.3) is 5.91 Å². The number of carbonyl (C=O) groups is 3. The number of allylic oxidation sites excluding steroid dienone is 1. The number of ether oxygens (including phenoxy) is 2. The summed E-state index contributed by atoms with van der Waals surface area (Å²) >= 11 is 0. The highest BCUT2D eigenvalue weighted by atomic mass is 19.1. The average molecular weight is 503 g/mol. The minimum Gasteiger partial charge on any atom is -0.465 e. The molecule has 2 aromatic carbocycles. The Morgan fingerprint density at radius 1 is 0.946 bits per heavy atom. The summed E-state index contributed by atoms with van der Waals surface area (Å²) in [5, 5.41) is 0. The van der Waals surface area contributed by atoms with Crippen molar-refractivity contribution in [2.75, 3.05) is 18.6 Å². The summed E-state index contributed by atoms with van der Waals surface area (Å²) in [5.41, 5.74) is 4.84. The Labute approximate surface area is 214 Å². The molecule has 1 amide bonds. The van der Waals surface area contributed by atoms with Crippen LogP contribution in [0, 0.1) is 19.7 Å². The maximum atomic E-state index is 13.7. The summed E-state index contributed by atoms with van der Waals surface area (Å²) in [7, 11) is 1.27. The van der Waals surface area contributed by atoms with E-state index in [1.54, 1.807) is 56.3 Å². The number of methoxy groups -OCH3 is 1. The van der Waals surface area contributed by atoms with Crippen LogP contribution in [0.1, 0.15) is 41.2 Å². The van der Waals surface area contributed by atoms with Gasteiger partial charge in [0.1, 0.15) is 5.82 Å². The fourth-order valence-electron chi connectivity index (χ4n) is 4.53. The van der Waals surface area contributed by atoms with Crippen molar-refractivity contribution in [2.45, 2.75) is 27.7 Å². The first kappa shape index (κ1) is 25.6. The molecule has 0 bridgehead atoms. The Kier molecular flexibility index (Phi) is 7.11. The highest BCUT2D eigenvalue weighted by Gasteiger charge is 2.38. The zero-order chi connectivity index (χ0) is 26.9. The third-order valence-electron chi connectivity index (χ3n) is 6.28. The lowest BCUT2D eigenvalue weighted by Gasteiger charge is -2.18. The van der Waals surface area contributed by atoms with Crippen LogP contribution in [0.25, 0.3) is 11.8 Å². The molecule has 0 radical (unpaired) electrons. The number of anilines is 1. The summed E-state index contributed by atoms with van der Waals surface area (Å²) in [6.07, 6.45) is 1.67. The maximum Gasteiger partial charge on any atom is 0.340 e. The van der Waals surface area contributed by atoms with Crippen LogP contribution in [0.4, 0.5) is 10.1 Å². The van der Waals surface area contributed by atoms with Gasteiger partial charge in [-0.3, -0.25) is 9.69 Å². The maximum absolute atomic E-state index is 13.7. The zero-order valence-corrected chi connectivity index (χ0v) is 21.3. The summed E-state index contributed by atoms with van der Waals surface area (Å²) in [4.78, 5) is 39.9. The molecular formula is C29H27FN2O5. The molecule has 0 atom stereocenters. The number of carbonyl (C=O) groups excluding carboxylic acids is 3. The summed E-state index contributed by atoms with van der Waals surface area (Å²) < 4.78 is 25.4. The fraction of sp³-hybridized carbons (Fsp3) is 0.207. The minimum absolute atomic E-state index is 0.161. The van der Waals surface area contributed by atoms with Gasteiger partial charge in [0.15, 0.2) is 0 Å². The van der Waals surface area contributed by atoms with Gasteiger partial charge in [0.05, 0.1) is 30.4 Å². The lowest BCUT2D eigenvalue weighted by molar-refractivity contribution is -0.136. The third-order valence-corrected chi connectivity index (χ3v) is 6.28. The summed E-state index contributed by atoms with van der Waals surface area (Å²) in [5.74, 6) is -1.81. The first-order chi connectivity index (χ1) is 17.7. The molecule has 1 aromatic heterocycles. The standard InChI is InChI=1S/C29H27FN2O5/c1-6-37-28(34)20-7-11-24(12-8-20)32-19(4)26(29(35)36-5)25(27(32)33)16-21-15-17(2)31(18(21)3)23-13-9-22(30)10-14-23/h7-16H,6H2,1-5H3/b25-16-. The molecule has 2 heterocycles. The lowest BCUT2D eigenvalue weighted by atomic mass is 10.0. The molecule has 0 fully saturated rings. The molecule has 7 nitrogen and oxygen atoms in total. The van der Waals surface area contributed by atoms with Gasteiger partial charge in [-0.1, -0.05) is 0 Å². The monoisotopic (exact) mass is 502 g/mol. The van der Waals surface area contributed by atoms with Crippen LogP contribution in [0.15, 0.2) is 71.4 Å². The van der Waals surface area contributed by atoms with E-state index in [-0.39, 0.29) is 23.6 Å². The van der Waals surface area contributed by atoms with Gasteiger partial charge in [-0.25, -0.2) is 14.0 Å². The number of aryl methyl sites for hydroxylation is 1. The van der Waals surface area contributed by atoms with E-state index in [1.165, 1.54) is 24.1 Å². The largest absolute Gasteiger partial charge is 0.465 e. The molecule has 8 heteroatoms. The van der Waals surface area contributed by atoms with Gasteiger partial charge in [0.2, 0.25) is 0 Å². The average Bonchev–Trinajstić information content (AvgIpc) is 3.30. The van der Waals surface area contributed by atoms with E-state index in [2.05, 4.69) is 0 Å². The number of rotatable bonds is 6. The van der Waals surface area contributed by atoms with Crippen molar-refractivity contribution in [3.8, 4) is 5.69 Å². The van der Waals surface area contributed by atoms with Crippen LogP contribution >= 0.6 is 0 Å². The quantitative estimate of drug-likeness (QED) is 0.338. The summed E-state index contributed by atoms with van der Waals surface area (Å²) in [6.45, 7) is 7.46. The minimum atomic E-state index is -0.630. The normalized spacial score (nSPS) is 14.5. The zero-order valence-electron chi connectivity index (χ0n) is 21.3. The van der Waals surface area contributed by atoms with Crippen LogP contribution in [0.2, 0.25) is 0 Å². The predicted molar refractivity (Wildman–Crippen MR) is 138 cm³/mol. The molecule has 0 unspecified atom stereocenters. The second kappa shape index (κ2) is 10.3. The highest BCUT2D eigenvalue weighted by Crippen LogP contribution is 2.36. The van der Waals surface area contributed by atoms with Crippen LogP contribution in [-0.2, 0) is 19.1 Å². The topological polar surface area (TPSA) is 77.8 Å². The van der Waals surface area contributed by atoms with Crippen molar-refractivity contribution in [3.63, 3.8) is 0 Å². The molecule has 0 saturated carbocycles. The van der Waals surface area contributed by atoms with Gasteiger partial charge in [-0.2, -0.15) is 0 Å².